The molecule has 1 aliphatic heterocycles. The van der Waals surface area contributed by atoms with E-state index in [9.17, 15) is 4.79 Å². The molecule has 0 unspecified atom stereocenters. The van der Waals surface area contributed by atoms with Crippen molar-refractivity contribution in [1.29, 1.82) is 0 Å². The normalized spacial score (nSPS) is 38.2. The van der Waals surface area contributed by atoms with E-state index in [1.807, 2.05) is 6.08 Å². The molecule has 3 aliphatic rings. The fourth-order valence-corrected chi connectivity index (χ4v) is 3.94. The molecule has 2 fully saturated rings. The summed E-state index contributed by atoms with van der Waals surface area (Å²) in [4.78, 5) is 11.7. The van der Waals surface area contributed by atoms with Crippen molar-refractivity contribution in [3.63, 3.8) is 0 Å². The summed E-state index contributed by atoms with van der Waals surface area (Å²) in [6.07, 6.45) is 4.78. The minimum atomic E-state index is -0.526. The average molecular weight is 310 g/mol. The molecule has 0 aromatic heterocycles. The van der Waals surface area contributed by atoms with Crippen molar-refractivity contribution in [2.24, 2.45) is 23.2 Å². The molecular weight excluding hydrogens is 284 g/mol. The number of allylic oxidation sites excluding steroid dienone is 1. The second-order valence-corrected chi connectivity index (χ2v) is 7.56. The molecule has 22 heavy (non-hydrogen) atoms. The molecule has 3 rings (SSSR count). The molecule has 0 radical (unpaired) electrons. The van der Waals surface area contributed by atoms with Crippen molar-refractivity contribution in [3.8, 4) is 0 Å². The zero-order valence-corrected chi connectivity index (χ0v) is 13.8. The van der Waals surface area contributed by atoms with E-state index in [1.165, 1.54) is 7.11 Å². The van der Waals surface area contributed by atoms with Gasteiger partial charge in [0, 0.05) is 30.8 Å². The van der Waals surface area contributed by atoms with E-state index in [0.29, 0.717) is 19.1 Å². The highest BCUT2D eigenvalue weighted by atomic mass is 16.7. The number of carbonyl (C=O) groups excluding carboxylic acids is 1. The Bertz CT molecular complexity index is 460. The lowest BCUT2D eigenvalue weighted by atomic mass is 9.88. The van der Waals surface area contributed by atoms with Crippen LogP contribution >= 0.6 is 0 Å². The number of hydrogen-bond donors (Lipinski definition) is 0. The fraction of sp³-hybridized carbons (Fsp3) is 0.824. The van der Waals surface area contributed by atoms with E-state index in [2.05, 4.69) is 26.8 Å². The molecule has 1 saturated carbocycles. The molecule has 1 spiro atoms. The maximum absolute atomic E-state index is 11.7. The first-order valence-electron chi connectivity index (χ1n) is 8.01. The molecule has 0 N–H and O–H groups in total. The van der Waals surface area contributed by atoms with Crippen molar-refractivity contribution >= 4 is 5.97 Å². The summed E-state index contributed by atoms with van der Waals surface area (Å²) in [5.74, 6) is -0.0956. The molecule has 1 saturated heterocycles. The van der Waals surface area contributed by atoms with Crippen LogP contribution < -0.4 is 0 Å². The summed E-state index contributed by atoms with van der Waals surface area (Å²) in [7, 11) is 1.49. The third-order valence-corrected chi connectivity index (χ3v) is 5.16. The predicted octanol–water partition coefficient (Wildman–Crippen LogP) is 2.16. The number of rotatable bonds is 3. The molecule has 5 nitrogen and oxygen atoms in total. The molecule has 0 aromatic carbocycles. The number of carbonyl (C=O) groups is 1. The standard InChI is InChI=1S/C17H26O5/c1-11-15-12(5-6-13(15)22-14(18)8-19-4)7-17(11)20-9-16(2,3)10-21-17/h5-6,11-13,15H,7-10H2,1-4H3/t11-,12+,13-,15-/m0/s1. The second kappa shape index (κ2) is 5.62. The van der Waals surface area contributed by atoms with E-state index in [0.717, 1.165) is 6.42 Å². The Balaban J connectivity index is 1.69. The topological polar surface area (TPSA) is 54.0 Å². The van der Waals surface area contributed by atoms with Gasteiger partial charge in [0.05, 0.1) is 13.2 Å². The highest BCUT2D eigenvalue weighted by molar-refractivity contribution is 5.71. The van der Waals surface area contributed by atoms with Gasteiger partial charge in [0.25, 0.3) is 0 Å². The predicted molar refractivity (Wildman–Crippen MR) is 80.1 cm³/mol. The zero-order chi connectivity index (χ0) is 16.0. The number of ether oxygens (including phenoxy) is 4. The van der Waals surface area contributed by atoms with Gasteiger partial charge in [0.2, 0.25) is 0 Å². The highest BCUT2D eigenvalue weighted by Crippen LogP contribution is 2.54. The van der Waals surface area contributed by atoms with Crippen molar-refractivity contribution < 1.29 is 23.7 Å². The maximum Gasteiger partial charge on any atom is 0.332 e. The summed E-state index contributed by atoms with van der Waals surface area (Å²) in [6, 6.07) is 0. The van der Waals surface area contributed by atoms with Crippen LogP contribution in [0.5, 0.6) is 0 Å². The maximum atomic E-state index is 11.7. The van der Waals surface area contributed by atoms with Crippen LogP contribution in [0.3, 0.4) is 0 Å². The van der Waals surface area contributed by atoms with Crippen molar-refractivity contribution in [1.82, 2.24) is 0 Å². The van der Waals surface area contributed by atoms with Gasteiger partial charge in [0.1, 0.15) is 12.7 Å². The Morgan fingerprint density at radius 3 is 2.59 bits per heavy atom. The van der Waals surface area contributed by atoms with Crippen LogP contribution in [0.15, 0.2) is 12.2 Å². The van der Waals surface area contributed by atoms with E-state index < -0.39 is 5.79 Å². The third-order valence-electron chi connectivity index (χ3n) is 5.16. The smallest absolute Gasteiger partial charge is 0.332 e. The third kappa shape index (κ3) is 2.70. The molecule has 0 aromatic rings. The first-order valence-corrected chi connectivity index (χ1v) is 8.01. The quantitative estimate of drug-likeness (QED) is 0.590. The fourth-order valence-electron chi connectivity index (χ4n) is 3.94. The molecule has 124 valence electrons. The van der Waals surface area contributed by atoms with Gasteiger partial charge in [-0.2, -0.15) is 0 Å². The number of fused-ring (bicyclic) bond motifs is 1. The van der Waals surface area contributed by atoms with E-state index in [1.54, 1.807) is 0 Å². The van der Waals surface area contributed by atoms with Crippen LogP contribution in [0, 0.1) is 23.2 Å². The van der Waals surface area contributed by atoms with Crippen LogP contribution in [0.25, 0.3) is 0 Å². The molecule has 1 heterocycles. The van der Waals surface area contributed by atoms with Crippen LogP contribution in [0.4, 0.5) is 0 Å². The van der Waals surface area contributed by atoms with Gasteiger partial charge >= 0.3 is 5.97 Å². The molecule has 2 aliphatic carbocycles. The van der Waals surface area contributed by atoms with Gasteiger partial charge in [-0.25, -0.2) is 4.79 Å². The molecule has 4 atom stereocenters. The van der Waals surface area contributed by atoms with Gasteiger partial charge in [-0.05, 0) is 12.0 Å². The molecule has 0 bridgehead atoms. The first-order chi connectivity index (χ1) is 10.4. The lowest BCUT2D eigenvalue weighted by Gasteiger charge is -2.44. The first kappa shape index (κ1) is 16.0. The Labute approximate surface area is 131 Å². The van der Waals surface area contributed by atoms with E-state index >= 15 is 0 Å². The summed E-state index contributed by atoms with van der Waals surface area (Å²) >= 11 is 0. The van der Waals surface area contributed by atoms with Gasteiger partial charge in [0.15, 0.2) is 5.79 Å². The van der Waals surface area contributed by atoms with Crippen molar-refractivity contribution in [3.05, 3.63) is 12.2 Å². The number of methoxy groups -OCH3 is 1. The highest BCUT2D eigenvalue weighted by Gasteiger charge is 2.59. The van der Waals surface area contributed by atoms with Gasteiger partial charge in [-0.1, -0.05) is 26.8 Å². The second-order valence-electron chi connectivity index (χ2n) is 7.56. The van der Waals surface area contributed by atoms with Crippen LogP contribution in [0.1, 0.15) is 27.2 Å². The average Bonchev–Trinajstić information content (AvgIpc) is 2.94. The SMILES string of the molecule is COCC(=O)O[C@H]1C=C[C@@H]2CC3(OCC(C)(C)CO3)[C@@H](C)[C@@H]21. The lowest BCUT2D eigenvalue weighted by Crippen LogP contribution is -2.50. The monoisotopic (exact) mass is 310 g/mol. The van der Waals surface area contributed by atoms with E-state index in [-0.39, 0.29) is 35.9 Å². The van der Waals surface area contributed by atoms with Crippen LogP contribution in [0.2, 0.25) is 0 Å². The summed E-state index contributed by atoms with van der Waals surface area (Å²) in [6.45, 7) is 7.84. The van der Waals surface area contributed by atoms with Crippen molar-refractivity contribution in [2.75, 3.05) is 26.9 Å². The molecule has 0 amide bonds. The van der Waals surface area contributed by atoms with E-state index in [4.69, 9.17) is 18.9 Å². The Kier molecular flexibility index (Phi) is 4.08. The largest absolute Gasteiger partial charge is 0.456 e. The summed E-state index contributed by atoms with van der Waals surface area (Å²) in [5.41, 5.74) is 0.0584. The van der Waals surface area contributed by atoms with Crippen LogP contribution in [-0.2, 0) is 23.7 Å². The minimum absolute atomic E-state index is 0.0115. The molecule has 5 heteroatoms. The Hall–Kier alpha value is -0.910. The van der Waals surface area contributed by atoms with Crippen molar-refractivity contribution in [2.45, 2.75) is 39.1 Å². The minimum Gasteiger partial charge on any atom is -0.456 e. The number of hydrogen-bond acceptors (Lipinski definition) is 5. The summed E-state index contributed by atoms with van der Waals surface area (Å²) in [5, 5.41) is 0. The molecular formula is C17H26O5. The number of esters is 1. The van der Waals surface area contributed by atoms with Gasteiger partial charge in [-0.15, -0.1) is 0 Å². The van der Waals surface area contributed by atoms with Crippen LogP contribution in [-0.4, -0.2) is 44.8 Å². The summed E-state index contributed by atoms with van der Waals surface area (Å²) < 4.78 is 22.7. The zero-order valence-electron chi connectivity index (χ0n) is 13.8. The lowest BCUT2D eigenvalue weighted by molar-refractivity contribution is -0.315. The van der Waals surface area contributed by atoms with Gasteiger partial charge in [-0.3, -0.25) is 0 Å². The van der Waals surface area contributed by atoms with Gasteiger partial charge < -0.3 is 18.9 Å². The Morgan fingerprint density at radius 1 is 1.27 bits per heavy atom. The Morgan fingerprint density at radius 2 is 1.95 bits per heavy atom.